The van der Waals surface area contributed by atoms with Gasteiger partial charge in [-0.15, -0.1) is 0 Å². The Morgan fingerprint density at radius 1 is 0.964 bits per heavy atom. The molecule has 0 bridgehead atoms. The lowest BCUT2D eigenvalue weighted by molar-refractivity contribution is 0.0730. The number of hydrogen-bond acceptors (Lipinski definition) is 5. The van der Waals surface area contributed by atoms with E-state index in [4.69, 9.17) is 4.74 Å². The van der Waals surface area contributed by atoms with Gasteiger partial charge < -0.3 is 4.74 Å². The normalized spacial score (nSPS) is 16.2. The Morgan fingerprint density at radius 2 is 1.61 bits per heavy atom. The second kappa shape index (κ2) is 8.66. The average molecular weight is 429 g/mol. The summed E-state index contributed by atoms with van der Waals surface area (Å²) < 4.78 is 72.4. The molecule has 0 radical (unpaired) electrons. The van der Waals surface area contributed by atoms with E-state index in [0.717, 1.165) is 0 Å². The molecule has 152 valence electrons. The van der Waals surface area contributed by atoms with Crippen LogP contribution in [0.1, 0.15) is 11.1 Å². The van der Waals surface area contributed by atoms with Gasteiger partial charge in [0.1, 0.15) is 5.82 Å². The molecule has 0 unspecified atom stereocenters. The molecule has 1 fully saturated rings. The van der Waals surface area contributed by atoms with Gasteiger partial charge in [-0.05, 0) is 29.3 Å². The van der Waals surface area contributed by atoms with Crippen LogP contribution in [-0.4, -0.2) is 47.4 Å². The smallest absolute Gasteiger partial charge is 0.243 e. The third-order valence-corrected chi connectivity index (χ3v) is 7.61. The van der Waals surface area contributed by atoms with Gasteiger partial charge in [0.05, 0.1) is 23.9 Å². The van der Waals surface area contributed by atoms with Crippen LogP contribution in [0.2, 0.25) is 0 Å². The zero-order valence-corrected chi connectivity index (χ0v) is 16.7. The second-order valence-electron chi connectivity index (χ2n) is 6.33. The summed E-state index contributed by atoms with van der Waals surface area (Å²) in [5.41, 5.74) is 0.791. The van der Waals surface area contributed by atoms with Crippen molar-refractivity contribution in [3.05, 3.63) is 65.5 Å². The number of nitrogens with zero attached hydrogens (tertiary/aromatic N) is 1. The van der Waals surface area contributed by atoms with E-state index in [1.807, 2.05) is 0 Å². The van der Waals surface area contributed by atoms with Gasteiger partial charge in [0.15, 0.2) is 0 Å². The molecule has 1 N–H and O–H groups in total. The summed E-state index contributed by atoms with van der Waals surface area (Å²) in [5.74, 6) is -0.776. The van der Waals surface area contributed by atoms with Crippen LogP contribution < -0.4 is 4.72 Å². The highest BCUT2D eigenvalue weighted by Crippen LogP contribution is 2.21. The number of morpholine rings is 1. The molecule has 28 heavy (non-hydrogen) atoms. The highest BCUT2D eigenvalue weighted by molar-refractivity contribution is 7.89. The summed E-state index contributed by atoms with van der Waals surface area (Å²) in [6.45, 7) is 1.00. The van der Waals surface area contributed by atoms with Crippen LogP contribution in [0.15, 0.2) is 53.4 Å². The first-order valence-electron chi connectivity index (χ1n) is 8.65. The molecule has 0 saturated carbocycles. The Balaban J connectivity index is 1.75. The van der Waals surface area contributed by atoms with E-state index in [1.165, 1.54) is 34.6 Å². The van der Waals surface area contributed by atoms with E-state index in [-0.39, 0.29) is 30.3 Å². The molecule has 0 aliphatic carbocycles. The summed E-state index contributed by atoms with van der Waals surface area (Å²) >= 11 is 0. The minimum absolute atomic E-state index is 0.0707. The van der Waals surface area contributed by atoms with Crippen molar-refractivity contribution in [3.63, 3.8) is 0 Å². The zero-order chi connectivity index (χ0) is 20.2. The van der Waals surface area contributed by atoms with Crippen LogP contribution in [-0.2, 0) is 37.1 Å². The molecular formula is C18H21FN2O5S2. The van der Waals surface area contributed by atoms with Crippen molar-refractivity contribution in [2.24, 2.45) is 0 Å². The lowest BCUT2D eigenvalue weighted by Crippen LogP contribution is -2.41. The van der Waals surface area contributed by atoms with Crippen molar-refractivity contribution in [3.8, 4) is 0 Å². The topological polar surface area (TPSA) is 92.8 Å². The number of benzene rings is 2. The SMILES string of the molecule is O=S(=O)(Cc1ccc(F)cc1)NCc1ccccc1S(=O)(=O)N1CCOCC1. The Hall–Kier alpha value is -1.85. The van der Waals surface area contributed by atoms with Gasteiger partial charge in [-0.3, -0.25) is 0 Å². The maximum Gasteiger partial charge on any atom is 0.243 e. The molecule has 10 heteroatoms. The number of hydrogen-bond donors (Lipinski definition) is 1. The quantitative estimate of drug-likeness (QED) is 0.721. The summed E-state index contributed by atoms with van der Waals surface area (Å²) in [6.07, 6.45) is 0. The molecule has 2 aromatic carbocycles. The monoisotopic (exact) mass is 428 g/mol. The maximum absolute atomic E-state index is 13.0. The van der Waals surface area contributed by atoms with Crippen LogP contribution in [0, 0.1) is 5.82 Å². The Morgan fingerprint density at radius 3 is 2.29 bits per heavy atom. The number of halogens is 1. The maximum atomic E-state index is 13.0. The van der Waals surface area contributed by atoms with Gasteiger partial charge in [0.2, 0.25) is 20.0 Å². The zero-order valence-electron chi connectivity index (χ0n) is 15.0. The minimum atomic E-state index is -3.75. The molecule has 1 aliphatic rings. The third-order valence-electron chi connectivity index (χ3n) is 4.31. The van der Waals surface area contributed by atoms with Crippen LogP contribution in [0.4, 0.5) is 4.39 Å². The van der Waals surface area contributed by atoms with E-state index in [0.29, 0.717) is 24.3 Å². The van der Waals surface area contributed by atoms with Gasteiger partial charge in [0.25, 0.3) is 0 Å². The number of rotatable bonds is 7. The standard InChI is InChI=1S/C18H21FN2O5S2/c19-17-7-5-15(6-8-17)14-27(22,23)20-13-16-3-1-2-4-18(16)28(24,25)21-9-11-26-12-10-21/h1-8,20H,9-14H2. The molecule has 0 spiro atoms. The first-order chi connectivity index (χ1) is 13.3. The lowest BCUT2D eigenvalue weighted by atomic mass is 10.2. The molecule has 7 nitrogen and oxygen atoms in total. The fourth-order valence-corrected chi connectivity index (χ4v) is 5.61. The molecule has 1 saturated heterocycles. The molecule has 3 rings (SSSR count). The van der Waals surface area contributed by atoms with Crippen molar-refractivity contribution < 1.29 is 26.0 Å². The summed E-state index contributed by atoms with van der Waals surface area (Å²) in [4.78, 5) is 0.0707. The van der Waals surface area contributed by atoms with Crippen LogP contribution in [0.5, 0.6) is 0 Å². The van der Waals surface area contributed by atoms with Gasteiger partial charge in [-0.25, -0.2) is 25.9 Å². The third kappa shape index (κ3) is 5.15. The van der Waals surface area contributed by atoms with Gasteiger partial charge in [-0.2, -0.15) is 4.31 Å². The van der Waals surface area contributed by atoms with E-state index in [1.54, 1.807) is 18.2 Å². The Labute approximate surface area is 164 Å². The lowest BCUT2D eigenvalue weighted by Gasteiger charge is -2.27. The summed E-state index contributed by atoms with van der Waals surface area (Å²) in [6, 6.07) is 11.5. The average Bonchev–Trinajstić information content (AvgIpc) is 2.69. The van der Waals surface area contributed by atoms with Crippen molar-refractivity contribution >= 4 is 20.0 Å². The summed E-state index contributed by atoms with van der Waals surface area (Å²) in [7, 11) is -7.48. The summed E-state index contributed by atoms with van der Waals surface area (Å²) in [5, 5.41) is 0. The van der Waals surface area contributed by atoms with E-state index >= 15 is 0 Å². The van der Waals surface area contributed by atoms with Gasteiger partial charge >= 0.3 is 0 Å². The first-order valence-corrected chi connectivity index (χ1v) is 11.7. The van der Waals surface area contributed by atoms with Crippen LogP contribution >= 0.6 is 0 Å². The molecule has 1 aliphatic heterocycles. The van der Waals surface area contributed by atoms with Gasteiger partial charge in [-0.1, -0.05) is 30.3 Å². The second-order valence-corrected chi connectivity index (χ2v) is 10.0. The van der Waals surface area contributed by atoms with E-state index in [2.05, 4.69) is 4.72 Å². The molecule has 0 aromatic heterocycles. The fraction of sp³-hybridized carbons (Fsp3) is 0.333. The van der Waals surface area contributed by atoms with Crippen LogP contribution in [0.3, 0.4) is 0 Å². The Bertz CT molecular complexity index is 1020. The van der Waals surface area contributed by atoms with E-state index < -0.39 is 25.9 Å². The number of ether oxygens (including phenoxy) is 1. The predicted octanol–water partition coefficient (Wildman–Crippen LogP) is 1.47. The highest BCUT2D eigenvalue weighted by atomic mass is 32.2. The number of nitrogens with one attached hydrogen (secondary N) is 1. The highest BCUT2D eigenvalue weighted by Gasteiger charge is 2.28. The molecular weight excluding hydrogens is 407 g/mol. The number of sulfonamides is 2. The van der Waals surface area contributed by atoms with E-state index in [9.17, 15) is 21.2 Å². The molecule has 0 atom stereocenters. The van der Waals surface area contributed by atoms with Crippen LogP contribution in [0.25, 0.3) is 0 Å². The fourth-order valence-electron chi connectivity index (χ4n) is 2.87. The molecule has 1 heterocycles. The Kier molecular flexibility index (Phi) is 6.46. The van der Waals surface area contributed by atoms with Crippen molar-refractivity contribution in [2.75, 3.05) is 26.3 Å². The van der Waals surface area contributed by atoms with Crippen molar-refractivity contribution in [1.29, 1.82) is 0 Å². The van der Waals surface area contributed by atoms with Crippen molar-refractivity contribution in [2.45, 2.75) is 17.2 Å². The van der Waals surface area contributed by atoms with Crippen molar-refractivity contribution in [1.82, 2.24) is 9.03 Å². The largest absolute Gasteiger partial charge is 0.379 e. The van der Waals surface area contributed by atoms with Gasteiger partial charge in [0, 0.05) is 19.6 Å². The molecule has 0 amide bonds. The first kappa shape index (κ1) is 20.9. The predicted molar refractivity (Wildman–Crippen MR) is 102 cm³/mol. The molecule has 2 aromatic rings. The minimum Gasteiger partial charge on any atom is -0.379 e.